The summed E-state index contributed by atoms with van der Waals surface area (Å²) in [5.74, 6) is 0.905. The molecule has 4 nitrogen and oxygen atoms in total. The van der Waals surface area contributed by atoms with Crippen molar-refractivity contribution in [3.05, 3.63) is 29.8 Å². The Bertz CT molecular complexity index is 400. The van der Waals surface area contributed by atoms with Crippen LogP contribution in [0.4, 0.5) is 0 Å². The predicted molar refractivity (Wildman–Crippen MR) is 67.6 cm³/mol. The quantitative estimate of drug-likeness (QED) is 0.881. The van der Waals surface area contributed by atoms with Crippen molar-refractivity contribution < 1.29 is 14.2 Å². The van der Waals surface area contributed by atoms with Gasteiger partial charge in [0.2, 0.25) is 0 Å². The standard InChI is InChI=1S/C14H19NO3/c15-14(13-9-16-6-7-17-13)10-2-1-3-12(8-10)18-11-4-5-11/h1-3,8,11,13-14H,4-7,9,15H2. The zero-order valence-electron chi connectivity index (χ0n) is 10.4. The molecule has 1 heterocycles. The van der Waals surface area contributed by atoms with Crippen molar-refractivity contribution in [1.29, 1.82) is 0 Å². The molecule has 0 amide bonds. The predicted octanol–water partition coefficient (Wildman–Crippen LogP) is 1.64. The summed E-state index contributed by atoms with van der Waals surface area (Å²) in [5.41, 5.74) is 7.27. The lowest BCUT2D eigenvalue weighted by Gasteiger charge is -2.28. The normalized spacial score (nSPS) is 25.7. The minimum Gasteiger partial charge on any atom is -0.490 e. The van der Waals surface area contributed by atoms with E-state index >= 15 is 0 Å². The van der Waals surface area contributed by atoms with Gasteiger partial charge in [0.1, 0.15) is 11.9 Å². The summed E-state index contributed by atoms with van der Waals surface area (Å²) in [7, 11) is 0. The molecule has 1 saturated heterocycles. The molecular formula is C14H19NO3. The molecule has 0 bridgehead atoms. The molecule has 2 atom stereocenters. The number of hydrogen-bond donors (Lipinski definition) is 1. The molecule has 2 unspecified atom stereocenters. The molecule has 1 aliphatic carbocycles. The van der Waals surface area contributed by atoms with Gasteiger partial charge in [-0.05, 0) is 30.5 Å². The van der Waals surface area contributed by atoms with Gasteiger partial charge in [-0.15, -0.1) is 0 Å². The first-order valence-corrected chi connectivity index (χ1v) is 6.54. The third-order valence-corrected chi connectivity index (χ3v) is 3.31. The zero-order valence-corrected chi connectivity index (χ0v) is 10.4. The van der Waals surface area contributed by atoms with E-state index in [2.05, 4.69) is 0 Å². The number of rotatable bonds is 4. The van der Waals surface area contributed by atoms with Gasteiger partial charge in [0.25, 0.3) is 0 Å². The lowest BCUT2D eigenvalue weighted by atomic mass is 10.0. The monoisotopic (exact) mass is 249 g/mol. The third-order valence-electron chi connectivity index (χ3n) is 3.31. The SMILES string of the molecule is NC(c1cccc(OC2CC2)c1)C1COCCO1. The maximum Gasteiger partial charge on any atom is 0.120 e. The number of ether oxygens (including phenoxy) is 3. The topological polar surface area (TPSA) is 53.7 Å². The van der Waals surface area contributed by atoms with Crippen LogP contribution in [-0.2, 0) is 9.47 Å². The molecule has 1 aromatic carbocycles. The van der Waals surface area contributed by atoms with Crippen LogP contribution in [0.2, 0.25) is 0 Å². The molecule has 0 radical (unpaired) electrons. The summed E-state index contributed by atoms with van der Waals surface area (Å²) in [5, 5.41) is 0. The fraction of sp³-hybridized carbons (Fsp3) is 0.571. The summed E-state index contributed by atoms with van der Waals surface area (Å²) >= 11 is 0. The van der Waals surface area contributed by atoms with Crippen molar-refractivity contribution in [3.8, 4) is 5.75 Å². The lowest BCUT2D eigenvalue weighted by Crippen LogP contribution is -2.37. The van der Waals surface area contributed by atoms with Crippen LogP contribution in [0.25, 0.3) is 0 Å². The summed E-state index contributed by atoms with van der Waals surface area (Å²) in [6.45, 7) is 1.85. The zero-order chi connectivity index (χ0) is 12.4. The molecule has 0 spiro atoms. The van der Waals surface area contributed by atoms with E-state index in [9.17, 15) is 0 Å². The van der Waals surface area contributed by atoms with Crippen molar-refractivity contribution >= 4 is 0 Å². The molecule has 98 valence electrons. The average Bonchev–Trinajstić information content (AvgIpc) is 3.23. The highest BCUT2D eigenvalue weighted by atomic mass is 16.6. The van der Waals surface area contributed by atoms with Gasteiger partial charge in [0, 0.05) is 0 Å². The molecule has 0 aromatic heterocycles. The first kappa shape index (κ1) is 12.0. The fourth-order valence-electron chi connectivity index (χ4n) is 2.10. The van der Waals surface area contributed by atoms with E-state index in [0.717, 1.165) is 24.2 Å². The molecule has 1 aliphatic heterocycles. The van der Waals surface area contributed by atoms with Gasteiger partial charge in [0.15, 0.2) is 0 Å². The maximum atomic E-state index is 6.22. The molecular weight excluding hydrogens is 230 g/mol. The molecule has 1 aromatic rings. The van der Waals surface area contributed by atoms with E-state index in [1.54, 1.807) is 0 Å². The van der Waals surface area contributed by atoms with Crippen LogP contribution in [0.1, 0.15) is 24.4 Å². The highest BCUT2D eigenvalue weighted by Gasteiger charge is 2.25. The van der Waals surface area contributed by atoms with Crippen LogP contribution in [0, 0.1) is 0 Å². The fourth-order valence-corrected chi connectivity index (χ4v) is 2.10. The second-order valence-electron chi connectivity index (χ2n) is 4.90. The van der Waals surface area contributed by atoms with Gasteiger partial charge >= 0.3 is 0 Å². The van der Waals surface area contributed by atoms with Gasteiger partial charge in [-0.1, -0.05) is 12.1 Å². The number of hydrogen-bond acceptors (Lipinski definition) is 4. The van der Waals surface area contributed by atoms with Crippen LogP contribution in [0.5, 0.6) is 5.75 Å². The second-order valence-corrected chi connectivity index (χ2v) is 4.90. The number of benzene rings is 1. The van der Waals surface area contributed by atoms with Crippen molar-refractivity contribution in [2.24, 2.45) is 5.73 Å². The minimum atomic E-state index is -0.159. The Hall–Kier alpha value is -1.10. The Kier molecular flexibility index (Phi) is 3.50. The summed E-state index contributed by atoms with van der Waals surface area (Å²) in [6, 6.07) is 7.83. The van der Waals surface area contributed by atoms with Gasteiger partial charge in [-0.25, -0.2) is 0 Å². The lowest BCUT2D eigenvalue weighted by molar-refractivity contribution is -0.0975. The molecule has 1 saturated carbocycles. The summed E-state index contributed by atoms with van der Waals surface area (Å²) in [6.07, 6.45) is 2.67. The molecule has 2 aliphatic rings. The van der Waals surface area contributed by atoms with Crippen molar-refractivity contribution in [2.75, 3.05) is 19.8 Å². The summed E-state index contributed by atoms with van der Waals surface area (Å²) in [4.78, 5) is 0. The third kappa shape index (κ3) is 2.83. The Balaban J connectivity index is 1.69. The van der Waals surface area contributed by atoms with E-state index in [1.807, 2.05) is 24.3 Å². The first-order chi connectivity index (χ1) is 8.83. The molecule has 4 heteroatoms. The van der Waals surface area contributed by atoms with Crippen LogP contribution in [-0.4, -0.2) is 32.0 Å². The van der Waals surface area contributed by atoms with Crippen molar-refractivity contribution in [2.45, 2.75) is 31.1 Å². The second kappa shape index (κ2) is 5.26. The molecule has 2 fully saturated rings. The molecule has 3 rings (SSSR count). The Morgan fingerprint density at radius 3 is 2.89 bits per heavy atom. The Morgan fingerprint density at radius 1 is 1.28 bits per heavy atom. The molecule has 2 N–H and O–H groups in total. The highest BCUT2D eigenvalue weighted by Crippen LogP contribution is 2.29. The number of nitrogens with two attached hydrogens (primary N) is 1. The average molecular weight is 249 g/mol. The van der Waals surface area contributed by atoms with Crippen LogP contribution in [0.15, 0.2) is 24.3 Å². The van der Waals surface area contributed by atoms with E-state index in [-0.39, 0.29) is 12.1 Å². The van der Waals surface area contributed by atoms with Gasteiger partial charge < -0.3 is 19.9 Å². The largest absolute Gasteiger partial charge is 0.490 e. The van der Waals surface area contributed by atoms with Crippen molar-refractivity contribution in [1.82, 2.24) is 0 Å². The van der Waals surface area contributed by atoms with Gasteiger partial charge in [0.05, 0.1) is 32.0 Å². The Morgan fingerprint density at radius 2 is 2.17 bits per heavy atom. The maximum absolute atomic E-state index is 6.22. The van der Waals surface area contributed by atoms with Gasteiger partial charge in [-0.2, -0.15) is 0 Å². The smallest absolute Gasteiger partial charge is 0.120 e. The van der Waals surface area contributed by atoms with Gasteiger partial charge in [-0.3, -0.25) is 0 Å². The van der Waals surface area contributed by atoms with Crippen LogP contribution in [0.3, 0.4) is 0 Å². The highest BCUT2D eigenvalue weighted by molar-refractivity contribution is 5.31. The first-order valence-electron chi connectivity index (χ1n) is 6.54. The molecule has 18 heavy (non-hydrogen) atoms. The van der Waals surface area contributed by atoms with E-state index in [4.69, 9.17) is 19.9 Å². The van der Waals surface area contributed by atoms with Crippen molar-refractivity contribution in [3.63, 3.8) is 0 Å². The van der Waals surface area contributed by atoms with E-state index in [1.165, 1.54) is 0 Å². The van der Waals surface area contributed by atoms with E-state index < -0.39 is 0 Å². The minimum absolute atomic E-state index is 0.0603. The van der Waals surface area contributed by atoms with Crippen LogP contribution < -0.4 is 10.5 Å². The Labute approximate surface area is 107 Å². The van der Waals surface area contributed by atoms with E-state index in [0.29, 0.717) is 25.9 Å². The van der Waals surface area contributed by atoms with Crippen LogP contribution >= 0.6 is 0 Å². The summed E-state index contributed by atoms with van der Waals surface area (Å²) < 4.78 is 16.8.